The lowest BCUT2D eigenvalue weighted by atomic mass is 9.91. The summed E-state index contributed by atoms with van der Waals surface area (Å²) in [5.41, 5.74) is 2.05. The fraction of sp³-hybridized carbons (Fsp3) is 0.538. The maximum absolute atomic E-state index is 13.1. The first-order valence-corrected chi connectivity index (χ1v) is 5.45. The fourth-order valence-corrected chi connectivity index (χ4v) is 1.88. The number of halogens is 1. The van der Waals surface area contributed by atoms with E-state index in [4.69, 9.17) is 0 Å². The molecule has 1 aromatic carbocycles. The fourth-order valence-electron chi connectivity index (χ4n) is 1.88. The Balaban J connectivity index is 2.88. The van der Waals surface area contributed by atoms with Crippen LogP contribution in [0.4, 0.5) is 4.39 Å². The van der Waals surface area contributed by atoms with Gasteiger partial charge in [-0.3, -0.25) is 0 Å². The van der Waals surface area contributed by atoms with Crippen LogP contribution in [-0.2, 0) is 0 Å². The third kappa shape index (κ3) is 2.57. The molecule has 0 bridgehead atoms. The highest BCUT2D eigenvalue weighted by atomic mass is 19.1. The Morgan fingerprint density at radius 1 is 1.29 bits per heavy atom. The molecule has 0 radical (unpaired) electrons. The molecule has 0 saturated carbocycles. The van der Waals surface area contributed by atoms with Crippen molar-refractivity contribution in [3.8, 4) is 0 Å². The number of hydrogen-bond acceptors (Lipinski definition) is 0. The lowest BCUT2D eigenvalue weighted by Gasteiger charge is -2.14. The number of aryl methyl sites for hydroxylation is 1. The lowest BCUT2D eigenvalue weighted by Crippen LogP contribution is -1.98. The first-order valence-electron chi connectivity index (χ1n) is 5.45. The minimum Gasteiger partial charge on any atom is -0.207 e. The second kappa shape index (κ2) is 5.14. The summed E-state index contributed by atoms with van der Waals surface area (Å²) >= 11 is 0. The zero-order valence-electron chi connectivity index (χ0n) is 9.31. The van der Waals surface area contributed by atoms with Crippen LogP contribution in [0.25, 0.3) is 0 Å². The van der Waals surface area contributed by atoms with Crippen molar-refractivity contribution in [1.82, 2.24) is 0 Å². The van der Waals surface area contributed by atoms with E-state index in [-0.39, 0.29) is 5.82 Å². The molecule has 1 rings (SSSR count). The highest BCUT2D eigenvalue weighted by Gasteiger charge is 2.09. The molecule has 0 aliphatic rings. The number of rotatable bonds is 4. The minimum atomic E-state index is -0.0971. The topological polar surface area (TPSA) is 0 Å². The molecule has 0 nitrogen and oxygen atoms in total. The molecule has 0 aromatic heterocycles. The molecule has 0 saturated heterocycles. The van der Waals surface area contributed by atoms with Gasteiger partial charge >= 0.3 is 0 Å². The smallest absolute Gasteiger partial charge is 0.126 e. The van der Waals surface area contributed by atoms with Gasteiger partial charge in [-0.05, 0) is 42.9 Å². The van der Waals surface area contributed by atoms with Crippen LogP contribution in [0.3, 0.4) is 0 Å². The Morgan fingerprint density at radius 2 is 2.00 bits per heavy atom. The van der Waals surface area contributed by atoms with E-state index in [0.29, 0.717) is 5.92 Å². The van der Waals surface area contributed by atoms with Crippen LogP contribution in [-0.4, -0.2) is 0 Å². The van der Waals surface area contributed by atoms with Gasteiger partial charge in [0.15, 0.2) is 0 Å². The highest BCUT2D eigenvalue weighted by Crippen LogP contribution is 2.25. The molecular formula is C13H19F. The van der Waals surface area contributed by atoms with E-state index >= 15 is 0 Å². The third-order valence-corrected chi connectivity index (χ3v) is 2.78. The van der Waals surface area contributed by atoms with E-state index in [0.717, 1.165) is 12.0 Å². The van der Waals surface area contributed by atoms with Gasteiger partial charge in [-0.1, -0.05) is 32.4 Å². The minimum absolute atomic E-state index is 0.0971. The molecule has 0 heterocycles. The van der Waals surface area contributed by atoms with Gasteiger partial charge in [0, 0.05) is 0 Å². The summed E-state index contributed by atoms with van der Waals surface area (Å²) in [5, 5.41) is 0. The summed E-state index contributed by atoms with van der Waals surface area (Å²) in [7, 11) is 0. The Labute approximate surface area is 86.2 Å². The monoisotopic (exact) mass is 194 g/mol. The van der Waals surface area contributed by atoms with Crippen molar-refractivity contribution in [2.24, 2.45) is 0 Å². The molecule has 78 valence electrons. The van der Waals surface area contributed by atoms with Crippen LogP contribution >= 0.6 is 0 Å². The van der Waals surface area contributed by atoms with Crippen molar-refractivity contribution in [1.29, 1.82) is 0 Å². The molecular weight excluding hydrogens is 175 g/mol. The van der Waals surface area contributed by atoms with Crippen LogP contribution in [0, 0.1) is 12.7 Å². The zero-order chi connectivity index (χ0) is 10.6. The van der Waals surface area contributed by atoms with Crippen molar-refractivity contribution in [2.45, 2.75) is 46.0 Å². The van der Waals surface area contributed by atoms with Gasteiger partial charge in [-0.25, -0.2) is 4.39 Å². The molecule has 0 amide bonds. The standard InChI is InChI=1S/C13H19F/c1-4-6-11(5-2)12-7-8-13(14)10(3)9-12/h7-9,11H,4-6H2,1-3H3. The van der Waals surface area contributed by atoms with Gasteiger partial charge in [-0.15, -0.1) is 0 Å². The van der Waals surface area contributed by atoms with Crippen LogP contribution in [0.2, 0.25) is 0 Å². The molecule has 0 N–H and O–H groups in total. The predicted octanol–water partition coefficient (Wildman–Crippen LogP) is 4.43. The molecule has 1 atom stereocenters. The van der Waals surface area contributed by atoms with Crippen molar-refractivity contribution < 1.29 is 4.39 Å². The van der Waals surface area contributed by atoms with Crippen molar-refractivity contribution in [3.05, 3.63) is 35.1 Å². The molecule has 1 unspecified atom stereocenters. The largest absolute Gasteiger partial charge is 0.207 e. The van der Waals surface area contributed by atoms with Gasteiger partial charge in [0.05, 0.1) is 0 Å². The van der Waals surface area contributed by atoms with E-state index in [1.54, 1.807) is 6.07 Å². The SMILES string of the molecule is CCCC(CC)c1ccc(F)c(C)c1. The summed E-state index contributed by atoms with van der Waals surface area (Å²) < 4.78 is 13.1. The van der Waals surface area contributed by atoms with Gasteiger partial charge in [0.2, 0.25) is 0 Å². The van der Waals surface area contributed by atoms with Crippen LogP contribution in [0.1, 0.15) is 50.2 Å². The maximum Gasteiger partial charge on any atom is 0.126 e. The summed E-state index contributed by atoms with van der Waals surface area (Å²) in [6.07, 6.45) is 3.52. The summed E-state index contributed by atoms with van der Waals surface area (Å²) in [4.78, 5) is 0. The third-order valence-electron chi connectivity index (χ3n) is 2.78. The predicted molar refractivity (Wildman–Crippen MR) is 59.1 cm³/mol. The molecule has 1 heteroatoms. The molecule has 0 aliphatic carbocycles. The molecule has 14 heavy (non-hydrogen) atoms. The zero-order valence-corrected chi connectivity index (χ0v) is 9.31. The lowest BCUT2D eigenvalue weighted by molar-refractivity contribution is 0.586. The van der Waals surface area contributed by atoms with Crippen LogP contribution in [0.5, 0.6) is 0 Å². The normalized spacial score (nSPS) is 12.9. The van der Waals surface area contributed by atoms with Gasteiger partial charge < -0.3 is 0 Å². The van der Waals surface area contributed by atoms with Crippen molar-refractivity contribution >= 4 is 0 Å². The van der Waals surface area contributed by atoms with E-state index in [1.807, 2.05) is 19.1 Å². The summed E-state index contributed by atoms with van der Waals surface area (Å²) in [6, 6.07) is 5.49. The summed E-state index contributed by atoms with van der Waals surface area (Å²) in [5.74, 6) is 0.499. The molecule has 0 spiro atoms. The van der Waals surface area contributed by atoms with Crippen LogP contribution < -0.4 is 0 Å². The maximum atomic E-state index is 13.1. The van der Waals surface area contributed by atoms with E-state index in [1.165, 1.54) is 18.4 Å². The Bertz CT molecular complexity index is 291. The Kier molecular flexibility index (Phi) is 4.12. The van der Waals surface area contributed by atoms with E-state index in [9.17, 15) is 4.39 Å². The van der Waals surface area contributed by atoms with E-state index in [2.05, 4.69) is 13.8 Å². The highest BCUT2D eigenvalue weighted by molar-refractivity contribution is 5.26. The Morgan fingerprint density at radius 3 is 2.50 bits per heavy atom. The van der Waals surface area contributed by atoms with Gasteiger partial charge in [0.1, 0.15) is 5.82 Å². The van der Waals surface area contributed by atoms with E-state index < -0.39 is 0 Å². The number of benzene rings is 1. The van der Waals surface area contributed by atoms with Crippen LogP contribution in [0.15, 0.2) is 18.2 Å². The quantitative estimate of drug-likeness (QED) is 0.665. The average molecular weight is 194 g/mol. The van der Waals surface area contributed by atoms with Crippen molar-refractivity contribution in [2.75, 3.05) is 0 Å². The van der Waals surface area contributed by atoms with Gasteiger partial charge in [0.25, 0.3) is 0 Å². The first-order chi connectivity index (χ1) is 6.69. The molecule has 0 fully saturated rings. The molecule has 1 aromatic rings. The second-order valence-corrected chi connectivity index (χ2v) is 3.90. The van der Waals surface area contributed by atoms with Crippen molar-refractivity contribution in [3.63, 3.8) is 0 Å². The van der Waals surface area contributed by atoms with Gasteiger partial charge in [-0.2, -0.15) is 0 Å². The first kappa shape index (κ1) is 11.2. The second-order valence-electron chi connectivity index (χ2n) is 3.90. The Hall–Kier alpha value is -0.850. The number of hydrogen-bond donors (Lipinski definition) is 0. The molecule has 0 aliphatic heterocycles. The average Bonchev–Trinajstić information content (AvgIpc) is 2.19. The summed E-state index contributed by atoms with van der Waals surface area (Å²) in [6.45, 7) is 6.22.